The fraction of sp³-hybridized carbons (Fsp3) is 0.222. The summed E-state index contributed by atoms with van der Waals surface area (Å²) in [6.45, 7) is 0.774. The van der Waals surface area contributed by atoms with Gasteiger partial charge in [0, 0.05) is 12.2 Å². The summed E-state index contributed by atoms with van der Waals surface area (Å²) in [6, 6.07) is 7.83. The van der Waals surface area contributed by atoms with Crippen LogP contribution in [0.5, 0.6) is 0 Å². The maximum atomic E-state index is 5.66. The van der Waals surface area contributed by atoms with E-state index in [-0.39, 0.29) is 0 Å². The van der Waals surface area contributed by atoms with Crippen LogP contribution in [0.15, 0.2) is 30.6 Å². The number of benzene rings is 1. The number of aryl methyl sites for hydroxylation is 2. The van der Waals surface area contributed by atoms with E-state index in [0.717, 1.165) is 18.7 Å². The molecule has 2 aromatic rings. The molecule has 0 radical (unpaired) electrons. The van der Waals surface area contributed by atoms with E-state index in [1.54, 1.807) is 11.0 Å². The van der Waals surface area contributed by atoms with Gasteiger partial charge in [-0.3, -0.25) is 0 Å². The Kier molecular flexibility index (Phi) is 2.40. The van der Waals surface area contributed by atoms with Gasteiger partial charge in [0.2, 0.25) is 0 Å². The summed E-state index contributed by atoms with van der Waals surface area (Å²) >= 11 is 0. The summed E-state index contributed by atoms with van der Waals surface area (Å²) in [5, 5.41) is 10.9. The first kappa shape index (κ1) is 8.68. The average Bonchev–Trinajstić information content (AvgIpc) is 2.67. The van der Waals surface area contributed by atoms with Crippen molar-refractivity contribution in [3.05, 3.63) is 36.2 Å². The van der Waals surface area contributed by atoms with Gasteiger partial charge in [-0.2, -0.15) is 0 Å². The first-order valence-electron chi connectivity index (χ1n) is 4.40. The minimum Gasteiger partial charge on any atom is -0.399 e. The number of anilines is 1. The molecule has 14 heavy (non-hydrogen) atoms. The van der Waals surface area contributed by atoms with E-state index in [9.17, 15) is 0 Å². The van der Waals surface area contributed by atoms with E-state index in [1.165, 1.54) is 5.56 Å². The summed E-state index contributed by atoms with van der Waals surface area (Å²) < 4.78 is 1.70. The first-order chi connectivity index (χ1) is 6.84. The second kappa shape index (κ2) is 3.87. The minimum atomic E-state index is 0.774. The molecule has 0 bridgehead atoms. The van der Waals surface area contributed by atoms with Crippen molar-refractivity contribution in [3.63, 3.8) is 0 Å². The highest BCUT2D eigenvalue weighted by Gasteiger charge is 1.95. The Morgan fingerprint density at radius 2 is 2.29 bits per heavy atom. The molecule has 0 fully saturated rings. The maximum Gasteiger partial charge on any atom is 0.138 e. The third kappa shape index (κ3) is 2.07. The number of hydrogen-bond acceptors (Lipinski definition) is 4. The molecule has 1 aromatic heterocycles. The molecule has 2 rings (SSSR count). The number of aromatic nitrogens is 4. The molecule has 5 heteroatoms. The van der Waals surface area contributed by atoms with Gasteiger partial charge in [-0.25, -0.2) is 4.68 Å². The minimum absolute atomic E-state index is 0.774. The Morgan fingerprint density at radius 1 is 1.36 bits per heavy atom. The first-order valence-corrected chi connectivity index (χ1v) is 4.40. The third-order valence-corrected chi connectivity index (χ3v) is 1.97. The van der Waals surface area contributed by atoms with Gasteiger partial charge >= 0.3 is 0 Å². The molecule has 72 valence electrons. The Morgan fingerprint density at radius 3 is 3.00 bits per heavy atom. The molecule has 0 aliphatic heterocycles. The number of nitrogens with zero attached hydrogens (tertiary/aromatic N) is 4. The number of tetrazole rings is 1. The average molecular weight is 189 g/mol. The lowest BCUT2D eigenvalue weighted by molar-refractivity contribution is 0.589. The highest BCUT2D eigenvalue weighted by Crippen LogP contribution is 2.07. The monoisotopic (exact) mass is 189 g/mol. The van der Waals surface area contributed by atoms with E-state index in [4.69, 9.17) is 5.73 Å². The third-order valence-electron chi connectivity index (χ3n) is 1.97. The second-order valence-electron chi connectivity index (χ2n) is 3.07. The van der Waals surface area contributed by atoms with Crippen LogP contribution in [0.3, 0.4) is 0 Å². The molecule has 5 nitrogen and oxygen atoms in total. The summed E-state index contributed by atoms with van der Waals surface area (Å²) in [4.78, 5) is 0. The van der Waals surface area contributed by atoms with Crippen molar-refractivity contribution in [3.8, 4) is 0 Å². The van der Waals surface area contributed by atoms with Crippen LogP contribution in [0.1, 0.15) is 5.56 Å². The molecule has 2 N–H and O–H groups in total. The van der Waals surface area contributed by atoms with Crippen molar-refractivity contribution in [2.45, 2.75) is 13.0 Å². The fourth-order valence-electron chi connectivity index (χ4n) is 1.27. The lowest BCUT2D eigenvalue weighted by Gasteiger charge is -2.01. The summed E-state index contributed by atoms with van der Waals surface area (Å²) in [5.74, 6) is 0. The second-order valence-corrected chi connectivity index (χ2v) is 3.07. The summed E-state index contributed by atoms with van der Waals surface area (Å²) in [7, 11) is 0. The molecular formula is C9H11N5. The van der Waals surface area contributed by atoms with E-state index < -0.39 is 0 Å². The quantitative estimate of drug-likeness (QED) is 0.714. The van der Waals surface area contributed by atoms with Crippen LogP contribution >= 0.6 is 0 Å². The maximum absolute atomic E-state index is 5.66. The molecule has 0 spiro atoms. The molecule has 1 aromatic carbocycles. The van der Waals surface area contributed by atoms with E-state index in [1.807, 2.05) is 24.3 Å². The van der Waals surface area contributed by atoms with Gasteiger partial charge in [-0.1, -0.05) is 12.1 Å². The van der Waals surface area contributed by atoms with Crippen molar-refractivity contribution in [1.29, 1.82) is 0 Å². The van der Waals surface area contributed by atoms with Gasteiger partial charge in [0.1, 0.15) is 6.33 Å². The van der Waals surface area contributed by atoms with Crippen molar-refractivity contribution < 1.29 is 0 Å². The Balaban J connectivity index is 1.98. The molecule has 0 aliphatic rings. The van der Waals surface area contributed by atoms with Gasteiger partial charge in [0.15, 0.2) is 0 Å². The molecule has 0 saturated carbocycles. The Labute approximate surface area is 81.5 Å². The lowest BCUT2D eigenvalue weighted by Crippen LogP contribution is -2.02. The zero-order valence-corrected chi connectivity index (χ0v) is 7.67. The molecule has 0 amide bonds. The SMILES string of the molecule is Nc1cccc(CCn2cnnn2)c1. The van der Waals surface area contributed by atoms with Crippen LogP contribution in [0.4, 0.5) is 5.69 Å². The predicted molar refractivity (Wildman–Crippen MR) is 52.4 cm³/mol. The van der Waals surface area contributed by atoms with Crippen LogP contribution in [0.2, 0.25) is 0 Å². The molecule has 0 aliphatic carbocycles. The van der Waals surface area contributed by atoms with Crippen molar-refractivity contribution in [2.75, 3.05) is 5.73 Å². The zero-order chi connectivity index (χ0) is 9.80. The van der Waals surface area contributed by atoms with Crippen molar-refractivity contribution in [2.24, 2.45) is 0 Å². The molecule has 0 saturated heterocycles. The van der Waals surface area contributed by atoms with Crippen molar-refractivity contribution >= 4 is 5.69 Å². The topological polar surface area (TPSA) is 69.6 Å². The van der Waals surface area contributed by atoms with E-state index in [2.05, 4.69) is 15.5 Å². The number of nitrogen functional groups attached to an aromatic ring is 1. The molecule has 0 atom stereocenters. The van der Waals surface area contributed by atoms with E-state index in [0.29, 0.717) is 0 Å². The number of rotatable bonds is 3. The lowest BCUT2D eigenvalue weighted by atomic mass is 10.1. The van der Waals surface area contributed by atoms with Crippen LogP contribution in [0, 0.1) is 0 Å². The van der Waals surface area contributed by atoms with Gasteiger partial charge in [0.05, 0.1) is 0 Å². The summed E-state index contributed by atoms with van der Waals surface area (Å²) in [5.41, 5.74) is 7.65. The van der Waals surface area contributed by atoms with Gasteiger partial charge in [0.25, 0.3) is 0 Å². The van der Waals surface area contributed by atoms with Gasteiger partial charge < -0.3 is 5.73 Å². The van der Waals surface area contributed by atoms with Gasteiger partial charge in [-0.05, 0) is 34.5 Å². The van der Waals surface area contributed by atoms with E-state index >= 15 is 0 Å². The predicted octanol–water partition coefficient (Wildman–Crippen LogP) is 0.498. The molecular weight excluding hydrogens is 178 g/mol. The number of hydrogen-bond donors (Lipinski definition) is 1. The summed E-state index contributed by atoms with van der Waals surface area (Å²) in [6.07, 6.45) is 2.49. The van der Waals surface area contributed by atoms with Crippen LogP contribution < -0.4 is 5.73 Å². The Hall–Kier alpha value is -1.91. The van der Waals surface area contributed by atoms with Crippen LogP contribution in [-0.4, -0.2) is 20.2 Å². The highest BCUT2D eigenvalue weighted by atomic mass is 15.5. The largest absolute Gasteiger partial charge is 0.399 e. The van der Waals surface area contributed by atoms with Gasteiger partial charge in [-0.15, -0.1) is 5.10 Å². The Bertz CT molecular complexity index is 395. The number of nitrogens with two attached hydrogens (primary N) is 1. The smallest absolute Gasteiger partial charge is 0.138 e. The normalized spacial score (nSPS) is 10.3. The molecule has 0 unspecified atom stereocenters. The molecule has 1 heterocycles. The van der Waals surface area contributed by atoms with Crippen LogP contribution in [-0.2, 0) is 13.0 Å². The zero-order valence-electron chi connectivity index (χ0n) is 7.67. The fourth-order valence-corrected chi connectivity index (χ4v) is 1.27. The standard InChI is InChI=1S/C9H11N5/c10-9-3-1-2-8(6-9)4-5-14-7-11-12-13-14/h1-3,6-7H,4-5,10H2. The highest BCUT2D eigenvalue weighted by molar-refractivity contribution is 5.40. The van der Waals surface area contributed by atoms with Crippen molar-refractivity contribution in [1.82, 2.24) is 20.2 Å². The van der Waals surface area contributed by atoms with Crippen LogP contribution in [0.25, 0.3) is 0 Å².